The summed E-state index contributed by atoms with van der Waals surface area (Å²) in [6.45, 7) is 6.18. The maximum Gasteiger partial charge on any atom is 0.306 e. The Labute approximate surface area is 422 Å². The minimum absolute atomic E-state index is 0.128. The van der Waals surface area contributed by atoms with Crippen molar-refractivity contribution in [3.05, 3.63) is 158 Å². The van der Waals surface area contributed by atoms with E-state index in [1.807, 2.05) is 0 Å². The Morgan fingerprint density at radius 1 is 0.290 bits per heavy atom. The van der Waals surface area contributed by atoms with Gasteiger partial charge in [0.1, 0.15) is 13.2 Å². The summed E-state index contributed by atoms with van der Waals surface area (Å²) in [5.74, 6) is -1.05. The minimum Gasteiger partial charge on any atom is -0.462 e. The van der Waals surface area contributed by atoms with Crippen LogP contribution in [-0.2, 0) is 28.6 Å². The number of carbonyl (C=O) groups excluding carboxylic acids is 3. The molecule has 0 spiro atoms. The molecule has 0 N–H and O–H groups in total. The van der Waals surface area contributed by atoms with Crippen LogP contribution in [0.1, 0.15) is 201 Å². The maximum atomic E-state index is 12.8. The van der Waals surface area contributed by atoms with Gasteiger partial charge in [0, 0.05) is 19.3 Å². The monoisotopic (exact) mass is 949 g/mol. The van der Waals surface area contributed by atoms with Crippen molar-refractivity contribution in [2.75, 3.05) is 13.2 Å². The molecule has 0 aliphatic rings. The van der Waals surface area contributed by atoms with Crippen molar-refractivity contribution in [3.8, 4) is 0 Å². The van der Waals surface area contributed by atoms with Gasteiger partial charge < -0.3 is 14.2 Å². The molecule has 69 heavy (non-hydrogen) atoms. The maximum absolute atomic E-state index is 12.8. The molecule has 0 amide bonds. The highest BCUT2D eigenvalue weighted by Gasteiger charge is 2.19. The molecule has 0 aromatic carbocycles. The van der Waals surface area contributed by atoms with E-state index in [4.69, 9.17) is 14.2 Å². The lowest BCUT2D eigenvalue weighted by Gasteiger charge is -2.18. The van der Waals surface area contributed by atoms with Crippen LogP contribution in [-0.4, -0.2) is 37.2 Å². The van der Waals surface area contributed by atoms with Crippen molar-refractivity contribution in [2.24, 2.45) is 0 Å². The van der Waals surface area contributed by atoms with Crippen molar-refractivity contribution < 1.29 is 28.6 Å². The fourth-order valence-corrected chi connectivity index (χ4v) is 6.58. The molecule has 0 aromatic rings. The molecule has 0 saturated carbocycles. The van der Waals surface area contributed by atoms with Gasteiger partial charge in [-0.3, -0.25) is 14.4 Å². The summed E-state index contributed by atoms with van der Waals surface area (Å²) < 4.78 is 16.7. The lowest BCUT2D eigenvalue weighted by molar-refractivity contribution is -0.167. The smallest absolute Gasteiger partial charge is 0.306 e. The Hall–Kier alpha value is -4.97. The van der Waals surface area contributed by atoms with E-state index >= 15 is 0 Å². The Bertz CT molecular complexity index is 1610. The Morgan fingerprint density at radius 2 is 0.536 bits per heavy atom. The summed E-state index contributed by atoms with van der Waals surface area (Å²) in [5.41, 5.74) is 0. The van der Waals surface area contributed by atoms with Crippen molar-refractivity contribution in [2.45, 2.75) is 207 Å². The first-order valence-electron chi connectivity index (χ1n) is 27.0. The van der Waals surface area contributed by atoms with Crippen LogP contribution in [0.3, 0.4) is 0 Å². The molecule has 0 fully saturated rings. The first kappa shape index (κ1) is 64.0. The predicted molar refractivity (Wildman–Crippen MR) is 297 cm³/mol. The lowest BCUT2D eigenvalue weighted by atomic mass is 10.1. The number of esters is 3. The molecule has 0 rings (SSSR count). The van der Waals surface area contributed by atoms with Gasteiger partial charge in [0.25, 0.3) is 0 Å². The average Bonchev–Trinajstić information content (AvgIpc) is 3.35. The van der Waals surface area contributed by atoms with E-state index in [2.05, 4.69) is 179 Å². The fourth-order valence-electron chi connectivity index (χ4n) is 6.58. The molecule has 0 radical (unpaired) electrons. The molecule has 6 heteroatoms. The molecule has 384 valence electrons. The second-order valence-electron chi connectivity index (χ2n) is 17.0. The average molecular weight is 949 g/mol. The van der Waals surface area contributed by atoms with Gasteiger partial charge in [0.2, 0.25) is 0 Å². The zero-order valence-corrected chi connectivity index (χ0v) is 43.8. The molecule has 0 aliphatic carbocycles. The third-order valence-corrected chi connectivity index (χ3v) is 10.5. The summed E-state index contributed by atoms with van der Waals surface area (Å²) >= 11 is 0. The third-order valence-electron chi connectivity index (χ3n) is 10.5. The molecular weight excluding hydrogens is 853 g/mol. The summed E-state index contributed by atoms with van der Waals surface area (Å²) in [6.07, 6.45) is 80.9. The van der Waals surface area contributed by atoms with E-state index in [-0.39, 0.29) is 37.5 Å². The van der Waals surface area contributed by atoms with Gasteiger partial charge in [-0.05, 0) is 135 Å². The van der Waals surface area contributed by atoms with Crippen LogP contribution in [0, 0.1) is 0 Å². The van der Waals surface area contributed by atoms with Gasteiger partial charge in [-0.25, -0.2) is 0 Å². The van der Waals surface area contributed by atoms with Crippen LogP contribution in [0.25, 0.3) is 0 Å². The van der Waals surface area contributed by atoms with Crippen LogP contribution in [0.15, 0.2) is 158 Å². The molecule has 0 heterocycles. The van der Waals surface area contributed by atoms with E-state index in [0.29, 0.717) is 19.3 Å². The van der Waals surface area contributed by atoms with Crippen molar-refractivity contribution in [1.82, 2.24) is 0 Å². The zero-order chi connectivity index (χ0) is 50.0. The van der Waals surface area contributed by atoms with Crippen molar-refractivity contribution in [3.63, 3.8) is 0 Å². The van der Waals surface area contributed by atoms with E-state index < -0.39 is 6.10 Å². The van der Waals surface area contributed by atoms with Gasteiger partial charge in [-0.2, -0.15) is 0 Å². The summed E-state index contributed by atoms with van der Waals surface area (Å²) in [4.78, 5) is 38.1. The molecule has 0 bridgehead atoms. The van der Waals surface area contributed by atoms with Gasteiger partial charge in [0.15, 0.2) is 6.10 Å². The minimum atomic E-state index is -0.837. The first-order valence-corrected chi connectivity index (χ1v) is 27.0. The molecule has 6 nitrogen and oxygen atoms in total. The zero-order valence-electron chi connectivity index (χ0n) is 43.8. The summed E-state index contributed by atoms with van der Waals surface area (Å²) in [7, 11) is 0. The number of hydrogen-bond acceptors (Lipinski definition) is 6. The predicted octanol–water partition coefficient (Wildman–Crippen LogP) is 18.2. The van der Waals surface area contributed by atoms with Crippen LogP contribution < -0.4 is 0 Å². The molecule has 0 saturated heterocycles. The van der Waals surface area contributed by atoms with E-state index in [1.54, 1.807) is 0 Å². The van der Waals surface area contributed by atoms with Crippen LogP contribution in [0.2, 0.25) is 0 Å². The largest absolute Gasteiger partial charge is 0.462 e. The standard InChI is InChI=1S/C63H96O6/c1-4-7-10-13-16-19-22-25-28-30-31-33-35-38-41-44-47-50-53-56-62(65)68-59-60(58-67-61(64)55-52-49-46-43-40-37-34-27-24-21-18-15-12-9-6-3)69-63(66)57-54-51-48-45-42-39-36-32-29-26-23-20-17-14-11-8-5-2/h7-12,16-21,25-29,31,33-34,36,38-39,41,45,48,60H,4-6,13-15,22-24,30,32,35,37,40,42-44,46-47,49-59H2,1-3H3/b10-7-,11-8-,12-9-,19-16-,20-17-,21-18-,28-25-,29-26-,33-31-,34-27-,39-36-,41-38-,48-45-/t60-/m0/s1. The van der Waals surface area contributed by atoms with Gasteiger partial charge in [0.05, 0.1) is 0 Å². The quantitative estimate of drug-likeness (QED) is 0.0262. The van der Waals surface area contributed by atoms with E-state index in [9.17, 15) is 14.4 Å². The number of rotatable bonds is 46. The Morgan fingerprint density at radius 3 is 0.870 bits per heavy atom. The van der Waals surface area contributed by atoms with Gasteiger partial charge >= 0.3 is 17.9 Å². The van der Waals surface area contributed by atoms with Crippen molar-refractivity contribution in [1.29, 1.82) is 0 Å². The number of hydrogen-bond donors (Lipinski definition) is 0. The second kappa shape index (κ2) is 55.6. The van der Waals surface area contributed by atoms with Gasteiger partial charge in [-0.15, -0.1) is 0 Å². The third kappa shape index (κ3) is 53.8. The van der Waals surface area contributed by atoms with Crippen LogP contribution >= 0.6 is 0 Å². The Balaban J connectivity index is 4.60. The van der Waals surface area contributed by atoms with Crippen molar-refractivity contribution >= 4 is 17.9 Å². The molecule has 1 atom stereocenters. The van der Waals surface area contributed by atoms with Crippen LogP contribution in [0.5, 0.6) is 0 Å². The topological polar surface area (TPSA) is 78.9 Å². The summed E-state index contributed by atoms with van der Waals surface area (Å²) in [6, 6.07) is 0. The number of unbranched alkanes of at least 4 members (excludes halogenated alkanes) is 9. The normalized spacial score (nSPS) is 13.4. The number of ether oxygens (including phenoxy) is 3. The highest BCUT2D eigenvalue weighted by molar-refractivity contribution is 5.71. The molecule has 0 unspecified atom stereocenters. The van der Waals surface area contributed by atoms with E-state index in [0.717, 1.165) is 154 Å². The highest BCUT2D eigenvalue weighted by atomic mass is 16.6. The van der Waals surface area contributed by atoms with E-state index in [1.165, 1.54) is 0 Å². The second-order valence-corrected chi connectivity index (χ2v) is 17.0. The SMILES string of the molecule is CC/C=C\C/C=C\C/C=C\C/C=C\C/C=C\CCCCCC(=O)OC[C@H](COC(=O)CCCCCCC/C=C\C/C=C\C/C=C\CC)OC(=O)CCC/C=C\C/C=C\C/C=C\C/C=C\C/C=C\CC. The van der Waals surface area contributed by atoms with Crippen LogP contribution in [0.4, 0.5) is 0 Å². The molecule has 0 aromatic heterocycles. The summed E-state index contributed by atoms with van der Waals surface area (Å²) in [5, 5.41) is 0. The Kier molecular flexibility index (Phi) is 51.6. The molecule has 0 aliphatic heterocycles. The fraction of sp³-hybridized carbons (Fsp3) is 0.540. The van der Waals surface area contributed by atoms with Gasteiger partial charge in [-0.1, -0.05) is 204 Å². The lowest BCUT2D eigenvalue weighted by Crippen LogP contribution is -2.30. The number of allylic oxidation sites excluding steroid dienone is 26. The highest BCUT2D eigenvalue weighted by Crippen LogP contribution is 2.11. The molecular formula is C63H96O6. The first-order chi connectivity index (χ1) is 34.0. The number of carbonyl (C=O) groups is 3.